The topological polar surface area (TPSA) is 92.8 Å². The first-order valence-corrected chi connectivity index (χ1v) is 7.66. The van der Waals surface area contributed by atoms with E-state index in [0.29, 0.717) is 29.1 Å². The van der Waals surface area contributed by atoms with Gasteiger partial charge in [0.2, 0.25) is 0 Å². The van der Waals surface area contributed by atoms with Gasteiger partial charge >= 0.3 is 11.1 Å². The first-order chi connectivity index (χ1) is 12.2. The molecule has 0 bridgehead atoms. The summed E-state index contributed by atoms with van der Waals surface area (Å²) in [5.41, 5.74) is 1.36. The van der Waals surface area contributed by atoms with E-state index >= 15 is 0 Å². The molecule has 0 unspecified atom stereocenters. The smallest absolute Gasteiger partial charge is 0.314 e. The fraction of sp³-hybridized carbons (Fsp3) is 0.0556. The number of benzene rings is 2. The molecule has 0 radical (unpaired) electrons. The van der Waals surface area contributed by atoms with Crippen molar-refractivity contribution in [3.8, 4) is 11.4 Å². The number of aromatic amines is 2. The van der Waals surface area contributed by atoms with E-state index < -0.39 is 11.1 Å². The lowest BCUT2D eigenvalue weighted by molar-refractivity contribution is 0.305. The molecule has 2 heterocycles. The van der Waals surface area contributed by atoms with Gasteiger partial charge in [0.15, 0.2) is 0 Å². The van der Waals surface area contributed by atoms with Gasteiger partial charge in [0, 0.05) is 18.5 Å². The number of imidazole rings is 1. The summed E-state index contributed by atoms with van der Waals surface area (Å²) in [6, 6.07) is 13.2. The molecule has 2 aromatic carbocycles. The highest BCUT2D eigenvalue weighted by Crippen LogP contribution is 2.27. The van der Waals surface area contributed by atoms with E-state index in [0.717, 1.165) is 5.56 Å². The average molecular weight is 334 g/mol. The van der Waals surface area contributed by atoms with Crippen LogP contribution in [0.1, 0.15) is 5.56 Å². The van der Waals surface area contributed by atoms with Crippen molar-refractivity contribution >= 4 is 11.0 Å². The predicted molar refractivity (Wildman–Crippen MR) is 93.1 cm³/mol. The van der Waals surface area contributed by atoms with Crippen LogP contribution in [0.5, 0.6) is 5.75 Å². The molecule has 7 nitrogen and oxygen atoms in total. The number of aromatic nitrogens is 4. The van der Waals surface area contributed by atoms with Crippen LogP contribution in [0, 0.1) is 0 Å². The van der Waals surface area contributed by atoms with E-state index in [2.05, 4.69) is 15.0 Å². The number of nitrogens with zero attached hydrogens (tertiary/aromatic N) is 2. The molecule has 0 spiro atoms. The lowest BCUT2D eigenvalue weighted by atomic mass is 10.2. The highest BCUT2D eigenvalue weighted by molar-refractivity contribution is 5.79. The van der Waals surface area contributed by atoms with Crippen LogP contribution in [-0.4, -0.2) is 19.5 Å². The molecule has 0 aliphatic rings. The van der Waals surface area contributed by atoms with E-state index in [1.807, 2.05) is 30.3 Å². The monoisotopic (exact) mass is 334 g/mol. The normalized spacial score (nSPS) is 10.9. The number of hydrogen-bond donors (Lipinski definition) is 2. The summed E-state index contributed by atoms with van der Waals surface area (Å²) in [7, 11) is 0. The molecule has 4 aromatic rings. The molecule has 0 atom stereocenters. The van der Waals surface area contributed by atoms with Gasteiger partial charge in [-0.25, -0.2) is 4.98 Å². The Bertz CT molecular complexity index is 1130. The molecule has 0 saturated heterocycles. The SMILES string of the molecule is O=c1[nH]c2cc(OCc3ccccc3)c(-n3ccnc3)cc2[nH]c1=O. The Morgan fingerprint density at radius 3 is 2.40 bits per heavy atom. The maximum atomic E-state index is 11.6. The maximum Gasteiger partial charge on any atom is 0.314 e. The molecule has 2 aromatic heterocycles. The van der Waals surface area contributed by atoms with Crippen molar-refractivity contribution < 1.29 is 4.74 Å². The molecular weight excluding hydrogens is 320 g/mol. The summed E-state index contributed by atoms with van der Waals surface area (Å²) in [5.74, 6) is 0.567. The molecule has 0 aliphatic heterocycles. The van der Waals surface area contributed by atoms with Crippen molar-refractivity contribution in [1.82, 2.24) is 19.5 Å². The van der Waals surface area contributed by atoms with Gasteiger partial charge in [0.05, 0.1) is 23.0 Å². The van der Waals surface area contributed by atoms with Crippen molar-refractivity contribution in [2.45, 2.75) is 6.61 Å². The molecule has 0 amide bonds. The van der Waals surface area contributed by atoms with Gasteiger partial charge < -0.3 is 19.3 Å². The van der Waals surface area contributed by atoms with Crippen molar-refractivity contribution in [3.05, 3.63) is 87.5 Å². The van der Waals surface area contributed by atoms with Gasteiger partial charge in [-0.3, -0.25) is 9.59 Å². The van der Waals surface area contributed by atoms with Crippen LogP contribution in [-0.2, 0) is 6.61 Å². The summed E-state index contributed by atoms with van der Waals surface area (Å²) in [4.78, 5) is 32.3. The Balaban J connectivity index is 1.82. The van der Waals surface area contributed by atoms with Gasteiger partial charge in [0.25, 0.3) is 0 Å². The van der Waals surface area contributed by atoms with Gasteiger partial charge in [-0.1, -0.05) is 30.3 Å². The second-order valence-electron chi connectivity index (χ2n) is 5.52. The van der Waals surface area contributed by atoms with Crippen molar-refractivity contribution in [2.24, 2.45) is 0 Å². The van der Waals surface area contributed by atoms with E-state index in [1.165, 1.54) is 0 Å². The van der Waals surface area contributed by atoms with Gasteiger partial charge in [-0.2, -0.15) is 0 Å². The molecule has 0 saturated carbocycles. The Hall–Kier alpha value is -3.61. The summed E-state index contributed by atoms with van der Waals surface area (Å²) >= 11 is 0. The van der Waals surface area contributed by atoms with Gasteiger partial charge in [-0.15, -0.1) is 0 Å². The Labute approximate surface area is 141 Å². The van der Waals surface area contributed by atoms with Crippen LogP contribution in [0.25, 0.3) is 16.7 Å². The quantitative estimate of drug-likeness (QED) is 0.558. The van der Waals surface area contributed by atoms with E-state index in [9.17, 15) is 9.59 Å². The first kappa shape index (κ1) is 14.9. The number of ether oxygens (including phenoxy) is 1. The average Bonchev–Trinajstić information content (AvgIpc) is 3.16. The Morgan fingerprint density at radius 2 is 1.72 bits per heavy atom. The Morgan fingerprint density at radius 1 is 1.00 bits per heavy atom. The fourth-order valence-electron chi connectivity index (χ4n) is 2.59. The summed E-state index contributed by atoms with van der Waals surface area (Å²) in [6.07, 6.45) is 5.07. The summed E-state index contributed by atoms with van der Waals surface area (Å²) in [5, 5.41) is 0. The lowest BCUT2D eigenvalue weighted by Crippen LogP contribution is -2.29. The molecule has 25 heavy (non-hydrogen) atoms. The second-order valence-corrected chi connectivity index (χ2v) is 5.52. The summed E-state index contributed by atoms with van der Waals surface area (Å²) < 4.78 is 7.74. The minimum Gasteiger partial charge on any atom is -0.487 e. The second kappa shape index (κ2) is 6.12. The zero-order chi connectivity index (χ0) is 17.2. The van der Waals surface area contributed by atoms with Crippen LogP contribution in [0.4, 0.5) is 0 Å². The van der Waals surface area contributed by atoms with Crippen molar-refractivity contribution in [2.75, 3.05) is 0 Å². The predicted octanol–water partition coefficient (Wildman–Crippen LogP) is 1.98. The summed E-state index contributed by atoms with van der Waals surface area (Å²) in [6.45, 7) is 0.377. The molecule has 124 valence electrons. The van der Waals surface area contributed by atoms with Crippen LogP contribution in [0.15, 0.2) is 70.8 Å². The number of H-pyrrole nitrogens is 2. The van der Waals surface area contributed by atoms with Crippen molar-refractivity contribution in [1.29, 1.82) is 0 Å². The third-order valence-electron chi connectivity index (χ3n) is 3.82. The maximum absolute atomic E-state index is 11.6. The molecule has 2 N–H and O–H groups in total. The number of nitrogens with one attached hydrogen (secondary N) is 2. The number of fused-ring (bicyclic) bond motifs is 1. The minimum atomic E-state index is -0.697. The fourth-order valence-corrected chi connectivity index (χ4v) is 2.59. The third kappa shape index (κ3) is 2.94. The van der Waals surface area contributed by atoms with Crippen LogP contribution in [0.2, 0.25) is 0 Å². The minimum absolute atomic E-state index is 0.377. The van der Waals surface area contributed by atoms with E-state index in [1.54, 1.807) is 35.4 Å². The standard InChI is InChI=1S/C18H14N4O3/c23-17-18(24)21-14-9-16(25-10-12-4-2-1-3-5-12)15(8-13(14)20-17)22-7-6-19-11-22/h1-9,11H,10H2,(H,20,23)(H,21,24). The molecule has 0 aliphatic carbocycles. The molecule has 4 rings (SSSR count). The third-order valence-corrected chi connectivity index (χ3v) is 3.82. The van der Waals surface area contributed by atoms with Gasteiger partial charge in [0.1, 0.15) is 12.4 Å². The van der Waals surface area contributed by atoms with Crippen LogP contribution in [0.3, 0.4) is 0 Å². The Kier molecular flexibility index (Phi) is 3.66. The largest absolute Gasteiger partial charge is 0.487 e. The molecule has 0 fully saturated rings. The highest BCUT2D eigenvalue weighted by Gasteiger charge is 2.11. The first-order valence-electron chi connectivity index (χ1n) is 7.66. The number of rotatable bonds is 4. The van der Waals surface area contributed by atoms with E-state index in [4.69, 9.17) is 4.74 Å². The van der Waals surface area contributed by atoms with Crippen LogP contribution < -0.4 is 15.9 Å². The number of hydrogen-bond acceptors (Lipinski definition) is 4. The molecular formula is C18H14N4O3. The lowest BCUT2D eigenvalue weighted by Gasteiger charge is -2.13. The zero-order valence-electron chi connectivity index (χ0n) is 13.1. The van der Waals surface area contributed by atoms with Gasteiger partial charge in [-0.05, 0) is 11.6 Å². The van der Waals surface area contributed by atoms with Crippen LogP contribution >= 0.6 is 0 Å². The van der Waals surface area contributed by atoms with E-state index in [-0.39, 0.29) is 0 Å². The molecule has 7 heteroatoms. The van der Waals surface area contributed by atoms with Crippen molar-refractivity contribution in [3.63, 3.8) is 0 Å². The highest BCUT2D eigenvalue weighted by atomic mass is 16.5. The zero-order valence-corrected chi connectivity index (χ0v) is 13.1.